The lowest BCUT2D eigenvalue weighted by Crippen LogP contribution is -2.29. The summed E-state index contributed by atoms with van der Waals surface area (Å²) in [5.41, 5.74) is 19.8. The van der Waals surface area contributed by atoms with E-state index in [1.165, 1.54) is 95.3 Å². The van der Waals surface area contributed by atoms with Crippen LogP contribution in [0.4, 0.5) is 0 Å². The molecule has 4 aromatic heterocycles. The van der Waals surface area contributed by atoms with Gasteiger partial charge in [0.15, 0.2) is 0 Å². The van der Waals surface area contributed by atoms with Crippen LogP contribution >= 0.6 is 38.6 Å². The standard InChI is InChI=1S/C46H28N2S.C28H17BrN2.C18H13BO2S/c1-3-20-39-36(17-1)37-18-2-4-21-40(37)45-44(39)47-28-42(48-45)34-16-9-14-32(27-34)30-12-7-11-29(25-30)31-13-8-15-33(26-31)35-22-10-23-41-38-19-5-6-24-43(38)49-46(35)41;29-21-10-6-8-19(16-21)18-7-5-9-20(15-18)26-17-30-27-24-13-3-1-11-22(24)23-12-2-4-14-25(23)28(27)31-26;20-19(21)13-6-3-5-12(11-13)14-8-4-9-16-15-7-1-2-10-17(15)22-18(14)16/h1-28H;1-17H;1-11,20-21H. The fourth-order valence-electron chi connectivity index (χ4n) is 14.5. The second kappa shape index (κ2) is 26.7. The minimum atomic E-state index is -1.44. The second-order valence-corrected chi connectivity index (χ2v) is 28.5. The monoisotopic (exact) mass is 1400 g/mol. The van der Waals surface area contributed by atoms with Crippen LogP contribution in [0.15, 0.2) is 344 Å². The van der Waals surface area contributed by atoms with E-state index in [1.54, 1.807) is 17.4 Å². The molecule has 480 valence electrons. The zero-order chi connectivity index (χ0) is 68.2. The van der Waals surface area contributed by atoms with E-state index in [2.05, 4.69) is 313 Å². The number of hydrogen-bond donors (Lipinski definition) is 2. The van der Waals surface area contributed by atoms with Gasteiger partial charge in [-0.05, 0) is 131 Å². The molecule has 0 amide bonds. The van der Waals surface area contributed by atoms with Crippen LogP contribution in [0.1, 0.15) is 0 Å². The highest BCUT2D eigenvalue weighted by atomic mass is 79.9. The van der Waals surface area contributed by atoms with Crippen LogP contribution in [-0.2, 0) is 0 Å². The first kappa shape index (κ1) is 62.4. The average Bonchev–Trinajstić information content (AvgIpc) is 1.10. The molecule has 20 aromatic rings. The lowest BCUT2D eigenvalue weighted by molar-refractivity contribution is 0.426. The number of hydrogen-bond acceptors (Lipinski definition) is 8. The van der Waals surface area contributed by atoms with Crippen molar-refractivity contribution in [1.29, 1.82) is 0 Å². The molecule has 102 heavy (non-hydrogen) atoms. The Hall–Kier alpha value is -11.9. The quantitative estimate of drug-likeness (QED) is 0.116. The molecular weight excluding hydrogens is 1350 g/mol. The molecule has 0 unspecified atom stereocenters. The minimum Gasteiger partial charge on any atom is -0.423 e. The summed E-state index contributed by atoms with van der Waals surface area (Å²) in [7, 11) is -1.44. The molecule has 0 atom stereocenters. The van der Waals surface area contributed by atoms with Crippen LogP contribution < -0.4 is 5.46 Å². The molecule has 0 saturated carbocycles. The largest absolute Gasteiger partial charge is 0.488 e. The number of rotatable bonds is 8. The molecule has 0 aliphatic heterocycles. The van der Waals surface area contributed by atoms with Crippen molar-refractivity contribution in [1.82, 2.24) is 19.9 Å². The SMILES string of the molecule is Brc1cccc(-c2cccc(-c3cnc4c5ccccc5c5ccccc5c4n3)c2)c1.OB(O)c1cccc(-c2cccc3c2sc2ccccc23)c1.c1cc(-c2cccc(-c3cnc4c5ccccc5c5ccccc5c4n3)c2)cc(-c2cccc(-c3cccc4c3sc3ccccc34)c2)c1. The molecule has 2 N–H and O–H groups in total. The van der Waals surface area contributed by atoms with E-state index in [9.17, 15) is 10.0 Å². The highest BCUT2D eigenvalue weighted by Crippen LogP contribution is 2.44. The van der Waals surface area contributed by atoms with Crippen molar-refractivity contribution < 1.29 is 10.0 Å². The van der Waals surface area contributed by atoms with Crippen LogP contribution in [-0.4, -0.2) is 37.1 Å². The van der Waals surface area contributed by atoms with Gasteiger partial charge in [-0.25, -0.2) is 9.97 Å². The zero-order valence-electron chi connectivity index (χ0n) is 54.8. The Morgan fingerprint density at radius 2 is 0.559 bits per heavy atom. The van der Waals surface area contributed by atoms with Gasteiger partial charge < -0.3 is 10.0 Å². The molecular formula is C92H58BBrN4O2S2. The first-order chi connectivity index (χ1) is 50.3. The molecule has 16 aromatic carbocycles. The maximum absolute atomic E-state index is 9.38. The van der Waals surface area contributed by atoms with Crippen molar-refractivity contribution >= 4 is 157 Å². The molecule has 0 aliphatic rings. The first-order valence-corrected chi connectivity index (χ1v) is 36.3. The number of fused-ring (bicyclic) bond motifs is 18. The Labute approximate surface area is 604 Å². The topological polar surface area (TPSA) is 92.0 Å². The second-order valence-electron chi connectivity index (χ2n) is 25.5. The average molecular weight is 1410 g/mol. The molecule has 0 bridgehead atoms. The van der Waals surface area contributed by atoms with Gasteiger partial charge in [0, 0.05) is 77.5 Å². The maximum Gasteiger partial charge on any atom is 0.488 e. The van der Waals surface area contributed by atoms with Crippen LogP contribution in [0, 0.1) is 0 Å². The molecule has 0 radical (unpaired) electrons. The Bertz CT molecular complexity index is 6620. The van der Waals surface area contributed by atoms with Crippen molar-refractivity contribution in [2.24, 2.45) is 0 Å². The van der Waals surface area contributed by atoms with Gasteiger partial charge in [0.05, 0.1) is 45.8 Å². The van der Waals surface area contributed by atoms with Crippen molar-refractivity contribution in [2.75, 3.05) is 0 Å². The van der Waals surface area contributed by atoms with Gasteiger partial charge >= 0.3 is 7.12 Å². The summed E-state index contributed by atoms with van der Waals surface area (Å²) in [5, 5.41) is 33.3. The van der Waals surface area contributed by atoms with Crippen molar-refractivity contribution in [3.05, 3.63) is 344 Å². The lowest BCUT2D eigenvalue weighted by Gasteiger charge is -2.11. The fraction of sp³-hybridized carbons (Fsp3) is 0. The summed E-state index contributed by atoms with van der Waals surface area (Å²) < 4.78 is 6.23. The van der Waals surface area contributed by atoms with Gasteiger partial charge in [-0.1, -0.05) is 295 Å². The summed E-state index contributed by atoms with van der Waals surface area (Å²) >= 11 is 7.22. The summed E-state index contributed by atoms with van der Waals surface area (Å²) in [6, 6.07) is 115. The molecule has 4 heterocycles. The molecule has 6 nitrogen and oxygen atoms in total. The van der Waals surface area contributed by atoms with Gasteiger partial charge in [0.2, 0.25) is 0 Å². The van der Waals surface area contributed by atoms with Gasteiger partial charge in [-0.2, -0.15) is 0 Å². The number of aromatic nitrogens is 4. The first-order valence-electron chi connectivity index (χ1n) is 33.9. The van der Waals surface area contributed by atoms with Crippen molar-refractivity contribution in [2.45, 2.75) is 0 Å². The third-order valence-corrected chi connectivity index (χ3v) is 22.3. The van der Waals surface area contributed by atoms with Gasteiger partial charge in [-0.3, -0.25) is 9.97 Å². The van der Waals surface area contributed by atoms with Crippen molar-refractivity contribution in [3.63, 3.8) is 0 Å². The lowest BCUT2D eigenvalue weighted by atomic mass is 9.79. The number of nitrogens with zero attached hydrogens (tertiary/aromatic N) is 4. The Morgan fingerprint density at radius 3 is 0.980 bits per heavy atom. The Balaban J connectivity index is 0.000000120. The Kier molecular flexibility index (Phi) is 16.3. The van der Waals surface area contributed by atoms with Crippen LogP contribution in [0.5, 0.6) is 0 Å². The van der Waals surface area contributed by atoms with Gasteiger partial charge in [0.1, 0.15) is 0 Å². The smallest absolute Gasteiger partial charge is 0.423 e. The predicted molar refractivity (Wildman–Crippen MR) is 437 cm³/mol. The maximum atomic E-state index is 9.38. The van der Waals surface area contributed by atoms with Crippen LogP contribution in [0.2, 0.25) is 0 Å². The molecule has 0 saturated heterocycles. The van der Waals surface area contributed by atoms with Gasteiger partial charge in [0.25, 0.3) is 0 Å². The summed E-state index contributed by atoms with van der Waals surface area (Å²) in [5.74, 6) is 0. The fourth-order valence-corrected chi connectivity index (χ4v) is 17.3. The molecule has 10 heteroatoms. The van der Waals surface area contributed by atoms with Crippen LogP contribution in [0.3, 0.4) is 0 Å². The molecule has 0 aliphatic carbocycles. The van der Waals surface area contributed by atoms with E-state index in [-0.39, 0.29) is 0 Å². The summed E-state index contributed by atoms with van der Waals surface area (Å²) in [4.78, 5) is 20.2. The highest BCUT2D eigenvalue weighted by molar-refractivity contribution is 9.10. The van der Waals surface area contributed by atoms with E-state index < -0.39 is 7.12 Å². The Morgan fingerprint density at radius 1 is 0.255 bits per heavy atom. The van der Waals surface area contributed by atoms with E-state index in [1.807, 2.05) is 48.0 Å². The van der Waals surface area contributed by atoms with E-state index in [0.717, 1.165) is 92.9 Å². The summed E-state index contributed by atoms with van der Waals surface area (Å²) in [6.45, 7) is 0. The number of halogens is 1. The third-order valence-electron chi connectivity index (χ3n) is 19.3. The minimum absolute atomic E-state index is 0.510. The van der Waals surface area contributed by atoms with Crippen LogP contribution in [0.25, 0.3) is 184 Å². The van der Waals surface area contributed by atoms with E-state index in [0.29, 0.717) is 5.46 Å². The molecule has 20 rings (SSSR count). The van der Waals surface area contributed by atoms with E-state index >= 15 is 0 Å². The summed E-state index contributed by atoms with van der Waals surface area (Å²) in [6.07, 6.45) is 3.81. The number of thiophene rings is 2. The molecule has 0 fully saturated rings. The predicted octanol–water partition coefficient (Wildman–Crippen LogP) is 24.4. The van der Waals surface area contributed by atoms with Gasteiger partial charge in [-0.15, -0.1) is 22.7 Å². The third kappa shape index (κ3) is 11.6. The molecule has 0 spiro atoms. The zero-order valence-corrected chi connectivity index (χ0v) is 58.0. The normalized spacial score (nSPS) is 11.5. The van der Waals surface area contributed by atoms with E-state index in [4.69, 9.17) is 19.9 Å². The highest BCUT2D eigenvalue weighted by Gasteiger charge is 2.19. The number of benzene rings is 16. The van der Waals surface area contributed by atoms with Crippen molar-refractivity contribution in [3.8, 4) is 78.1 Å².